The summed E-state index contributed by atoms with van der Waals surface area (Å²) < 4.78 is 0. The number of hydrogen-bond acceptors (Lipinski definition) is 2. The largest absolute Gasteiger partial charge is 0.345 e. The molecule has 2 aliphatic heterocycles. The van der Waals surface area contributed by atoms with Gasteiger partial charge in [-0.1, -0.05) is 6.92 Å². The van der Waals surface area contributed by atoms with Crippen molar-refractivity contribution in [3.05, 3.63) is 0 Å². The van der Waals surface area contributed by atoms with Crippen molar-refractivity contribution in [2.75, 3.05) is 26.7 Å². The summed E-state index contributed by atoms with van der Waals surface area (Å²) in [5, 5.41) is 0. The zero-order valence-corrected chi connectivity index (χ0v) is 11.7. The Kier molecular flexibility index (Phi) is 3.48. The minimum absolute atomic E-state index is 0.0878. The van der Waals surface area contributed by atoms with Crippen molar-refractivity contribution >= 4 is 5.91 Å². The SMILES string of the molecule is CCC12CN(C(C)C)CCC1CCN(C)C2=O. The molecule has 2 heterocycles. The molecular formula is C14H26N2O. The van der Waals surface area contributed by atoms with Gasteiger partial charge in [-0.2, -0.15) is 0 Å². The molecule has 0 saturated carbocycles. The van der Waals surface area contributed by atoms with E-state index in [9.17, 15) is 4.79 Å². The van der Waals surface area contributed by atoms with E-state index in [0.29, 0.717) is 17.9 Å². The van der Waals surface area contributed by atoms with E-state index in [1.165, 1.54) is 19.4 Å². The van der Waals surface area contributed by atoms with Crippen LogP contribution in [0, 0.1) is 11.3 Å². The van der Waals surface area contributed by atoms with Crippen LogP contribution in [0.5, 0.6) is 0 Å². The molecule has 0 aliphatic carbocycles. The van der Waals surface area contributed by atoms with Crippen LogP contribution < -0.4 is 0 Å². The zero-order chi connectivity index (χ0) is 12.6. The molecule has 2 unspecified atom stereocenters. The molecule has 3 nitrogen and oxygen atoms in total. The van der Waals surface area contributed by atoms with Gasteiger partial charge in [0.2, 0.25) is 5.91 Å². The standard InChI is InChI=1S/C14H26N2O/c1-5-14-10-16(11(2)3)9-7-12(14)6-8-15(4)13(14)17/h11-12H,5-10H2,1-4H3. The van der Waals surface area contributed by atoms with Crippen molar-refractivity contribution < 1.29 is 4.79 Å². The van der Waals surface area contributed by atoms with Gasteiger partial charge in [-0.25, -0.2) is 0 Å². The van der Waals surface area contributed by atoms with E-state index in [1.807, 2.05) is 11.9 Å². The van der Waals surface area contributed by atoms with Gasteiger partial charge in [0.05, 0.1) is 5.41 Å². The van der Waals surface area contributed by atoms with Gasteiger partial charge >= 0.3 is 0 Å². The molecule has 2 aliphatic rings. The summed E-state index contributed by atoms with van der Waals surface area (Å²) in [4.78, 5) is 17.0. The van der Waals surface area contributed by atoms with E-state index < -0.39 is 0 Å². The normalized spacial score (nSPS) is 35.2. The van der Waals surface area contributed by atoms with Gasteiger partial charge in [-0.05, 0) is 45.6 Å². The molecule has 1 amide bonds. The average Bonchev–Trinajstić information content (AvgIpc) is 2.33. The van der Waals surface area contributed by atoms with Crippen molar-refractivity contribution in [2.45, 2.75) is 46.1 Å². The first-order chi connectivity index (χ1) is 8.01. The Morgan fingerprint density at radius 3 is 2.59 bits per heavy atom. The second-order valence-electron chi connectivity index (χ2n) is 6.07. The Morgan fingerprint density at radius 1 is 1.35 bits per heavy atom. The molecule has 0 aromatic carbocycles. The van der Waals surface area contributed by atoms with E-state index in [-0.39, 0.29) is 5.41 Å². The van der Waals surface area contributed by atoms with E-state index in [4.69, 9.17) is 0 Å². The van der Waals surface area contributed by atoms with Crippen LogP contribution in [0.4, 0.5) is 0 Å². The lowest BCUT2D eigenvalue weighted by Gasteiger charge is -2.52. The highest BCUT2D eigenvalue weighted by Crippen LogP contribution is 2.45. The van der Waals surface area contributed by atoms with Crippen molar-refractivity contribution in [1.82, 2.24) is 9.80 Å². The Labute approximate surface area is 105 Å². The van der Waals surface area contributed by atoms with Crippen LogP contribution in [-0.2, 0) is 4.79 Å². The molecule has 0 bridgehead atoms. The number of nitrogens with zero attached hydrogens (tertiary/aromatic N) is 2. The Balaban J connectivity index is 2.25. The van der Waals surface area contributed by atoms with E-state index in [2.05, 4.69) is 25.7 Å². The third kappa shape index (κ3) is 1.99. The van der Waals surface area contributed by atoms with Crippen molar-refractivity contribution in [2.24, 2.45) is 11.3 Å². The van der Waals surface area contributed by atoms with Crippen LogP contribution in [0.2, 0.25) is 0 Å². The predicted octanol–water partition coefficient (Wildman–Crippen LogP) is 1.98. The van der Waals surface area contributed by atoms with Gasteiger partial charge in [0.15, 0.2) is 0 Å². The monoisotopic (exact) mass is 238 g/mol. The second-order valence-corrected chi connectivity index (χ2v) is 6.07. The third-order valence-electron chi connectivity index (χ3n) is 4.98. The van der Waals surface area contributed by atoms with Crippen LogP contribution in [0.3, 0.4) is 0 Å². The number of fused-ring (bicyclic) bond motifs is 1. The first-order valence-electron chi connectivity index (χ1n) is 7.01. The molecule has 2 saturated heterocycles. The molecule has 98 valence electrons. The van der Waals surface area contributed by atoms with Gasteiger partial charge in [0, 0.05) is 26.2 Å². The van der Waals surface area contributed by atoms with Crippen molar-refractivity contribution in [3.8, 4) is 0 Å². The molecule has 0 aromatic heterocycles. The summed E-state index contributed by atoms with van der Waals surface area (Å²) in [7, 11) is 1.96. The van der Waals surface area contributed by atoms with Gasteiger partial charge < -0.3 is 4.90 Å². The lowest BCUT2D eigenvalue weighted by molar-refractivity contribution is -0.156. The Bertz CT molecular complexity index is 303. The maximum atomic E-state index is 12.6. The highest BCUT2D eigenvalue weighted by molar-refractivity contribution is 5.84. The Morgan fingerprint density at radius 2 is 2.00 bits per heavy atom. The van der Waals surface area contributed by atoms with Crippen molar-refractivity contribution in [3.63, 3.8) is 0 Å². The molecule has 2 fully saturated rings. The number of amides is 1. The molecule has 3 heteroatoms. The van der Waals surface area contributed by atoms with E-state index >= 15 is 0 Å². The number of piperidine rings is 2. The van der Waals surface area contributed by atoms with Gasteiger partial charge in [0.25, 0.3) is 0 Å². The summed E-state index contributed by atoms with van der Waals surface area (Å²) in [5.41, 5.74) is -0.0878. The fourth-order valence-electron chi connectivity index (χ4n) is 3.66. The highest BCUT2D eigenvalue weighted by Gasteiger charge is 2.51. The molecule has 0 radical (unpaired) electrons. The van der Waals surface area contributed by atoms with E-state index in [0.717, 1.165) is 19.5 Å². The lowest BCUT2D eigenvalue weighted by atomic mass is 9.64. The molecular weight excluding hydrogens is 212 g/mol. The average molecular weight is 238 g/mol. The first-order valence-corrected chi connectivity index (χ1v) is 7.01. The van der Waals surface area contributed by atoms with Gasteiger partial charge in [0.1, 0.15) is 0 Å². The van der Waals surface area contributed by atoms with Gasteiger partial charge in [-0.3, -0.25) is 9.69 Å². The smallest absolute Gasteiger partial charge is 0.230 e. The molecule has 0 spiro atoms. The third-order valence-corrected chi connectivity index (χ3v) is 4.98. The summed E-state index contributed by atoms with van der Waals surface area (Å²) in [6, 6.07) is 0.555. The zero-order valence-electron chi connectivity index (χ0n) is 11.7. The van der Waals surface area contributed by atoms with Gasteiger partial charge in [-0.15, -0.1) is 0 Å². The van der Waals surface area contributed by atoms with Crippen LogP contribution in [-0.4, -0.2) is 48.4 Å². The predicted molar refractivity (Wildman–Crippen MR) is 69.8 cm³/mol. The number of likely N-dealkylation sites (tertiary alicyclic amines) is 2. The fraction of sp³-hybridized carbons (Fsp3) is 0.929. The maximum absolute atomic E-state index is 12.6. The number of carbonyl (C=O) groups is 1. The van der Waals surface area contributed by atoms with Crippen LogP contribution >= 0.6 is 0 Å². The quantitative estimate of drug-likeness (QED) is 0.734. The lowest BCUT2D eigenvalue weighted by Crippen LogP contribution is -2.61. The fourth-order valence-corrected chi connectivity index (χ4v) is 3.66. The molecule has 2 atom stereocenters. The number of hydrogen-bond donors (Lipinski definition) is 0. The summed E-state index contributed by atoms with van der Waals surface area (Å²) >= 11 is 0. The number of rotatable bonds is 2. The Hall–Kier alpha value is -0.570. The van der Waals surface area contributed by atoms with Crippen LogP contribution in [0.1, 0.15) is 40.0 Å². The molecule has 17 heavy (non-hydrogen) atoms. The molecule has 0 N–H and O–H groups in total. The summed E-state index contributed by atoms with van der Waals surface area (Å²) in [5.74, 6) is 1.01. The highest BCUT2D eigenvalue weighted by atomic mass is 16.2. The van der Waals surface area contributed by atoms with E-state index in [1.54, 1.807) is 0 Å². The minimum atomic E-state index is -0.0878. The molecule has 2 rings (SSSR count). The topological polar surface area (TPSA) is 23.6 Å². The van der Waals surface area contributed by atoms with Crippen LogP contribution in [0.25, 0.3) is 0 Å². The molecule has 0 aromatic rings. The van der Waals surface area contributed by atoms with Crippen molar-refractivity contribution in [1.29, 1.82) is 0 Å². The first kappa shape index (κ1) is 12.9. The summed E-state index contributed by atoms with van der Waals surface area (Å²) in [6.07, 6.45) is 3.39. The summed E-state index contributed by atoms with van der Waals surface area (Å²) in [6.45, 7) is 9.75. The second kappa shape index (κ2) is 4.60. The maximum Gasteiger partial charge on any atom is 0.230 e. The number of carbonyl (C=O) groups excluding carboxylic acids is 1. The minimum Gasteiger partial charge on any atom is -0.345 e. The van der Waals surface area contributed by atoms with Crippen LogP contribution in [0.15, 0.2) is 0 Å².